The highest BCUT2D eigenvalue weighted by molar-refractivity contribution is 7.89. The number of ether oxygens (including phenoxy) is 1. The molecule has 2 aromatic carbocycles. The van der Waals surface area contributed by atoms with Crippen molar-refractivity contribution in [3.63, 3.8) is 0 Å². The van der Waals surface area contributed by atoms with Gasteiger partial charge in [0, 0.05) is 29.7 Å². The number of sulfonamides is 1. The van der Waals surface area contributed by atoms with Crippen LogP contribution < -0.4 is 14.8 Å². The van der Waals surface area contributed by atoms with E-state index in [-0.39, 0.29) is 10.8 Å². The maximum atomic E-state index is 12.5. The first-order valence-electron chi connectivity index (χ1n) is 9.45. The highest BCUT2D eigenvalue weighted by Crippen LogP contribution is 2.20. The number of anilines is 1. The molecule has 0 radical (unpaired) electrons. The Morgan fingerprint density at radius 1 is 1.06 bits per heavy atom. The summed E-state index contributed by atoms with van der Waals surface area (Å²) in [6, 6.07) is 18.5. The predicted molar refractivity (Wildman–Crippen MR) is 117 cm³/mol. The van der Waals surface area contributed by atoms with Crippen LogP contribution in [0.25, 0.3) is 5.65 Å². The summed E-state index contributed by atoms with van der Waals surface area (Å²) in [7, 11) is -2.21. The second-order valence-corrected chi connectivity index (χ2v) is 8.59. The molecule has 31 heavy (non-hydrogen) atoms. The number of nitrogens with one attached hydrogen (secondary N) is 2. The van der Waals surface area contributed by atoms with E-state index in [4.69, 9.17) is 4.74 Å². The molecule has 0 atom stereocenters. The zero-order valence-electron chi connectivity index (χ0n) is 16.6. The maximum Gasteiger partial charge on any atom is 0.255 e. The molecule has 0 unspecified atom stereocenters. The smallest absolute Gasteiger partial charge is 0.255 e. The quantitative estimate of drug-likeness (QED) is 0.464. The summed E-state index contributed by atoms with van der Waals surface area (Å²) in [4.78, 5) is 17.1. The molecule has 2 aromatic heterocycles. The Kier molecular flexibility index (Phi) is 5.70. The van der Waals surface area contributed by atoms with Gasteiger partial charge in [0.1, 0.15) is 18.0 Å². The lowest BCUT2D eigenvalue weighted by atomic mass is 10.2. The summed E-state index contributed by atoms with van der Waals surface area (Å²) < 4.78 is 33.6. The molecule has 4 aromatic rings. The third-order valence-electron chi connectivity index (χ3n) is 4.59. The number of carbonyl (C=O) groups excluding carboxylic acids is 1. The average Bonchev–Trinajstić information content (AvgIpc) is 3.21. The third-order valence-corrected chi connectivity index (χ3v) is 6.02. The highest BCUT2D eigenvalue weighted by atomic mass is 32.2. The SMILES string of the molecule is CNS(=O)(=O)c1ccc(C(=O)Nc2cccc(OCc3cn4ccccc4n3)c2)cc1. The first-order chi connectivity index (χ1) is 14.9. The van der Waals surface area contributed by atoms with Crippen molar-refractivity contribution >= 4 is 27.3 Å². The molecule has 158 valence electrons. The minimum absolute atomic E-state index is 0.0916. The lowest BCUT2D eigenvalue weighted by Gasteiger charge is -2.09. The molecule has 1 amide bonds. The summed E-state index contributed by atoms with van der Waals surface area (Å²) in [6.07, 6.45) is 3.82. The van der Waals surface area contributed by atoms with Gasteiger partial charge in [-0.2, -0.15) is 0 Å². The number of amides is 1. The second-order valence-electron chi connectivity index (χ2n) is 6.70. The fraction of sp³-hybridized carbons (Fsp3) is 0.0909. The Hall–Kier alpha value is -3.69. The van der Waals surface area contributed by atoms with E-state index in [0.717, 1.165) is 11.3 Å². The molecule has 0 saturated heterocycles. The molecule has 4 rings (SSSR count). The molecule has 0 aliphatic carbocycles. The molecule has 0 spiro atoms. The fourth-order valence-corrected chi connectivity index (χ4v) is 3.71. The fourth-order valence-electron chi connectivity index (χ4n) is 2.98. The molecule has 8 nitrogen and oxygen atoms in total. The van der Waals surface area contributed by atoms with Crippen LogP contribution in [-0.2, 0) is 16.6 Å². The molecule has 0 aliphatic heterocycles. The topological polar surface area (TPSA) is 102 Å². The van der Waals surface area contributed by atoms with Crippen LogP contribution in [0, 0.1) is 0 Å². The first kappa shape index (κ1) is 20.6. The minimum Gasteiger partial charge on any atom is -0.487 e. The van der Waals surface area contributed by atoms with Crippen LogP contribution in [-0.4, -0.2) is 30.8 Å². The van der Waals surface area contributed by atoms with Crippen LogP contribution in [0.3, 0.4) is 0 Å². The van der Waals surface area contributed by atoms with Gasteiger partial charge in [-0.1, -0.05) is 12.1 Å². The summed E-state index contributed by atoms with van der Waals surface area (Å²) in [5, 5.41) is 2.79. The summed E-state index contributed by atoms with van der Waals surface area (Å²) >= 11 is 0. The number of hydrogen-bond donors (Lipinski definition) is 2. The molecular weight excluding hydrogens is 416 g/mol. The normalized spacial score (nSPS) is 11.4. The number of hydrogen-bond acceptors (Lipinski definition) is 5. The van der Waals surface area contributed by atoms with Crippen LogP contribution >= 0.6 is 0 Å². The molecule has 2 N–H and O–H groups in total. The van der Waals surface area contributed by atoms with E-state index in [1.54, 1.807) is 24.3 Å². The van der Waals surface area contributed by atoms with Crippen molar-refractivity contribution in [1.29, 1.82) is 0 Å². The number of aromatic nitrogens is 2. The largest absolute Gasteiger partial charge is 0.487 e. The van der Waals surface area contributed by atoms with E-state index < -0.39 is 10.0 Å². The van der Waals surface area contributed by atoms with Gasteiger partial charge in [-0.15, -0.1) is 0 Å². The van der Waals surface area contributed by atoms with Crippen molar-refractivity contribution < 1.29 is 17.9 Å². The molecule has 2 heterocycles. The molecule has 0 saturated carbocycles. The molecule has 0 aliphatic rings. The zero-order valence-corrected chi connectivity index (χ0v) is 17.5. The Bertz CT molecular complexity index is 1300. The van der Waals surface area contributed by atoms with Crippen LogP contribution in [0.15, 0.2) is 84.0 Å². The van der Waals surface area contributed by atoms with Crippen molar-refractivity contribution in [1.82, 2.24) is 14.1 Å². The Morgan fingerprint density at radius 2 is 1.87 bits per heavy atom. The van der Waals surface area contributed by atoms with Gasteiger partial charge in [0.2, 0.25) is 10.0 Å². The molecule has 0 fully saturated rings. The number of fused-ring (bicyclic) bond motifs is 1. The van der Waals surface area contributed by atoms with Crippen LogP contribution in [0.1, 0.15) is 16.1 Å². The second kappa shape index (κ2) is 8.58. The number of benzene rings is 2. The number of rotatable bonds is 7. The number of carbonyl (C=O) groups is 1. The van der Waals surface area contributed by atoms with E-state index >= 15 is 0 Å². The van der Waals surface area contributed by atoms with Gasteiger partial charge >= 0.3 is 0 Å². The Morgan fingerprint density at radius 3 is 2.61 bits per heavy atom. The van der Waals surface area contributed by atoms with Gasteiger partial charge < -0.3 is 14.5 Å². The summed E-state index contributed by atoms with van der Waals surface area (Å²) in [5.41, 5.74) is 2.53. The first-order valence-corrected chi connectivity index (χ1v) is 10.9. The van der Waals surface area contributed by atoms with E-state index in [1.807, 2.05) is 35.0 Å². The maximum absolute atomic E-state index is 12.5. The lowest BCUT2D eigenvalue weighted by Crippen LogP contribution is -2.19. The van der Waals surface area contributed by atoms with Crippen molar-refractivity contribution in [2.75, 3.05) is 12.4 Å². The van der Waals surface area contributed by atoms with Gasteiger partial charge in [0.25, 0.3) is 5.91 Å². The minimum atomic E-state index is -3.55. The number of imidazole rings is 1. The van der Waals surface area contributed by atoms with Gasteiger partial charge in [-0.3, -0.25) is 4.79 Å². The van der Waals surface area contributed by atoms with Crippen LogP contribution in [0.4, 0.5) is 5.69 Å². The van der Waals surface area contributed by atoms with Gasteiger partial charge in [0.05, 0.1) is 10.6 Å². The van der Waals surface area contributed by atoms with Crippen molar-refractivity contribution in [3.8, 4) is 5.75 Å². The molecule has 0 bridgehead atoms. The third kappa shape index (κ3) is 4.73. The molecule has 9 heteroatoms. The zero-order chi connectivity index (χ0) is 21.8. The Balaban J connectivity index is 1.41. The summed E-state index contributed by atoms with van der Waals surface area (Å²) in [6.45, 7) is 0.292. The summed E-state index contributed by atoms with van der Waals surface area (Å²) in [5.74, 6) is 0.233. The van der Waals surface area contributed by atoms with Crippen molar-refractivity contribution in [2.24, 2.45) is 0 Å². The van der Waals surface area contributed by atoms with Gasteiger partial charge in [-0.05, 0) is 55.6 Å². The van der Waals surface area contributed by atoms with Gasteiger partial charge in [-0.25, -0.2) is 18.1 Å². The van der Waals surface area contributed by atoms with E-state index in [0.29, 0.717) is 23.6 Å². The van der Waals surface area contributed by atoms with Crippen molar-refractivity contribution in [2.45, 2.75) is 11.5 Å². The van der Waals surface area contributed by atoms with E-state index in [9.17, 15) is 13.2 Å². The number of nitrogens with zero attached hydrogens (tertiary/aromatic N) is 2. The van der Waals surface area contributed by atoms with Crippen LogP contribution in [0.2, 0.25) is 0 Å². The van der Waals surface area contributed by atoms with Crippen LogP contribution in [0.5, 0.6) is 5.75 Å². The number of pyridine rings is 1. The molecular formula is C22H20N4O4S. The lowest BCUT2D eigenvalue weighted by molar-refractivity contribution is 0.102. The standard InChI is InChI=1S/C22H20N4O4S/c1-23-31(28,29)20-10-8-16(9-11-20)22(27)25-17-5-4-6-19(13-17)30-15-18-14-26-12-3-2-7-21(26)24-18/h2-14,23H,15H2,1H3,(H,25,27). The van der Waals surface area contributed by atoms with E-state index in [1.165, 1.54) is 31.3 Å². The van der Waals surface area contributed by atoms with Crippen molar-refractivity contribution in [3.05, 3.63) is 90.4 Å². The van der Waals surface area contributed by atoms with Gasteiger partial charge in [0.15, 0.2) is 0 Å². The highest BCUT2D eigenvalue weighted by Gasteiger charge is 2.13. The Labute approximate surface area is 179 Å². The monoisotopic (exact) mass is 436 g/mol. The van der Waals surface area contributed by atoms with E-state index in [2.05, 4.69) is 15.0 Å². The predicted octanol–water partition coefficient (Wildman–Crippen LogP) is 3.07. The average molecular weight is 436 g/mol.